The third-order valence-corrected chi connectivity index (χ3v) is 2.84. The normalized spacial score (nSPS) is 11.6. The number of nitrogens with two attached hydrogens (primary N) is 1. The zero-order chi connectivity index (χ0) is 15.8. The molecular weight excluding hydrogens is 274 g/mol. The van der Waals surface area contributed by atoms with Crippen LogP contribution in [-0.2, 0) is 0 Å². The van der Waals surface area contributed by atoms with Crippen LogP contribution >= 0.6 is 0 Å². The van der Waals surface area contributed by atoms with Gasteiger partial charge in [-0.05, 0) is 32.9 Å². The molecule has 0 aromatic carbocycles. The molecule has 0 aliphatic carbocycles. The standard InChI is InChI=1S/C14H17N3O4/c1-8(18)9-6-16-17-10(9)4-5-11(12(17)13(15)19)21-7-14(2,3)20/h4-6,20H,7H2,1-3H3,(H2,15,19). The predicted molar refractivity (Wildman–Crippen MR) is 75.5 cm³/mol. The van der Waals surface area contributed by atoms with Gasteiger partial charge in [-0.15, -0.1) is 0 Å². The Labute approximate surface area is 121 Å². The quantitative estimate of drug-likeness (QED) is 0.792. The van der Waals surface area contributed by atoms with Gasteiger partial charge < -0.3 is 15.6 Å². The SMILES string of the molecule is CC(=O)c1cnn2c(C(N)=O)c(OCC(C)(C)O)ccc12. The number of primary amides is 1. The van der Waals surface area contributed by atoms with E-state index in [9.17, 15) is 14.7 Å². The Morgan fingerprint density at radius 1 is 1.43 bits per heavy atom. The number of rotatable bonds is 5. The van der Waals surface area contributed by atoms with E-state index in [1.807, 2.05) is 0 Å². The number of aliphatic hydroxyl groups is 1. The van der Waals surface area contributed by atoms with Crippen LogP contribution in [0.15, 0.2) is 18.3 Å². The summed E-state index contributed by atoms with van der Waals surface area (Å²) in [5, 5.41) is 13.7. The summed E-state index contributed by atoms with van der Waals surface area (Å²) in [5.74, 6) is -0.689. The highest BCUT2D eigenvalue weighted by Gasteiger charge is 2.21. The van der Waals surface area contributed by atoms with E-state index in [-0.39, 0.29) is 23.8 Å². The molecule has 2 heterocycles. The fraction of sp³-hybridized carbons (Fsp3) is 0.357. The number of pyridine rings is 1. The number of fused-ring (bicyclic) bond motifs is 1. The van der Waals surface area contributed by atoms with Gasteiger partial charge in [-0.25, -0.2) is 4.52 Å². The number of ether oxygens (including phenoxy) is 1. The van der Waals surface area contributed by atoms with Gasteiger partial charge in [0.15, 0.2) is 17.2 Å². The van der Waals surface area contributed by atoms with E-state index >= 15 is 0 Å². The molecule has 0 bridgehead atoms. The first kappa shape index (κ1) is 15.0. The van der Waals surface area contributed by atoms with Crippen LogP contribution in [0.25, 0.3) is 5.52 Å². The summed E-state index contributed by atoms with van der Waals surface area (Å²) < 4.78 is 6.72. The number of aromatic nitrogens is 2. The maximum Gasteiger partial charge on any atom is 0.271 e. The maximum atomic E-state index is 11.7. The molecule has 0 radical (unpaired) electrons. The molecule has 112 valence electrons. The molecule has 0 saturated carbocycles. The van der Waals surface area contributed by atoms with Gasteiger partial charge in [0.05, 0.1) is 22.9 Å². The first-order valence-corrected chi connectivity index (χ1v) is 6.37. The molecule has 0 saturated heterocycles. The number of amides is 1. The number of nitrogens with zero attached hydrogens (tertiary/aromatic N) is 2. The van der Waals surface area contributed by atoms with Gasteiger partial charge in [-0.1, -0.05) is 0 Å². The van der Waals surface area contributed by atoms with E-state index in [2.05, 4.69) is 5.10 Å². The highest BCUT2D eigenvalue weighted by atomic mass is 16.5. The van der Waals surface area contributed by atoms with Crippen molar-refractivity contribution in [3.05, 3.63) is 29.6 Å². The van der Waals surface area contributed by atoms with Crippen LogP contribution in [0.5, 0.6) is 5.75 Å². The van der Waals surface area contributed by atoms with Gasteiger partial charge in [-0.2, -0.15) is 5.10 Å². The van der Waals surface area contributed by atoms with Crippen LogP contribution in [0, 0.1) is 0 Å². The van der Waals surface area contributed by atoms with Gasteiger partial charge in [0.1, 0.15) is 6.61 Å². The van der Waals surface area contributed by atoms with Gasteiger partial charge in [0, 0.05) is 0 Å². The third-order valence-electron chi connectivity index (χ3n) is 2.84. The zero-order valence-electron chi connectivity index (χ0n) is 12.1. The molecule has 0 aliphatic rings. The van der Waals surface area contributed by atoms with Crippen molar-refractivity contribution >= 4 is 17.2 Å². The number of carbonyl (C=O) groups excluding carboxylic acids is 2. The Morgan fingerprint density at radius 2 is 2.10 bits per heavy atom. The minimum Gasteiger partial charge on any atom is -0.488 e. The van der Waals surface area contributed by atoms with Gasteiger partial charge in [-0.3, -0.25) is 9.59 Å². The topological polar surface area (TPSA) is 107 Å². The molecule has 0 spiro atoms. The maximum absolute atomic E-state index is 11.7. The number of ketones is 1. The smallest absolute Gasteiger partial charge is 0.271 e. The minimum atomic E-state index is -1.06. The summed E-state index contributed by atoms with van der Waals surface area (Å²) in [4.78, 5) is 23.2. The van der Waals surface area contributed by atoms with Crippen molar-refractivity contribution < 1.29 is 19.4 Å². The predicted octanol–water partition coefficient (Wildman–Crippen LogP) is 0.786. The molecule has 1 amide bonds. The second kappa shape index (κ2) is 5.17. The lowest BCUT2D eigenvalue weighted by molar-refractivity contribution is 0.0278. The molecule has 2 aromatic heterocycles. The van der Waals surface area contributed by atoms with Crippen LogP contribution in [0.3, 0.4) is 0 Å². The van der Waals surface area contributed by atoms with E-state index in [4.69, 9.17) is 10.5 Å². The van der Waals surface area contributed by atoms with Crippen LogP contribution in [0.1, 0.15) is 41.6 Å². The average Bonchev–Trinajstić information content (AvgIpc) is 2.77. The Kier molecular flexibility index (Phi) is 3.69. The largest absolute Gasteiger partial charge is 0.488 e. The molecule has 7 nitrogen and oxygen atoms in total. The van der Waals surface area contributed by atoms with Crippen molar-refractivity contribution in [2.75, 3.05) is 6.61 Å². The molecule has 3 N–H and O–H groups in total. The van der Waals surface area contributed by atoms with E-state index in [0.717, 1.165) is 0 Å². The van der Waals surface area contributed by atoms with E-state index < -0.39 is 11.5 Å². The molecular formula is C14H17N3O4. The first-order chi connectivity index (χ1) is 9.70. The highest BCUT2D eigenvalue weighted by molar-refractivity contribution is 6.02. The van der Waals surface area contributed by atoms with Crippen LogP contribution in [0.4, 0.5) is 0 Å². The lowest BCUT2D eigenvalue weighted by Gasteiger charge is -2.19. The van der Waals surface area contributed by atoms with Crippen molar-refractivity contribution in [1.82, 2.24) is 9.61 Å². The third kappa shape index (κ3) is 3.03. The number of Topliss-reactive ketones (excluding diaryl/α,β-unsaturated/α-hetero) is 1. The number of hydrogen-bond donors (Lipinski definition) is 2. The van der Waals surface area contributed by atoms with Crippen LogP contribution in [0.2, 0.25) is 0 Å². The van der Waals surface area contributed by atoms with Crippen LogP contribution < -0.4 is 10.5 Å². The molecule has 7 heteroatoms. The molecule has 0 unspecified atom stereocenters. The van der Waals surface area contributed by atoms with Crippen molar-refractivity contribution in [1.29, 1.82) is 0 Å². The summed E-state index contributed by atoms with van der Waals surface area (Å²) >= 11 is 0. The summed E-state index contributed by atoms with van der Waals surface area (Å²) in [6, 6.07) is 3.16. The summed E-state index contributed by atoms with van der Waals surface area (Å²) in [6.07, 6.45) is 1.38. The second-order valence-electron chi connectivity index (χ2n) is 5.42. The molecule has 2 aromatic rings. The van der Waals surface area contributed by atoms with Crippen molar-refractivity contribution in [2.45, 2.75) is 26.4 Å². The molecule has 0 atom stereocenters. The van der Waals surface area contributed by atoms with E-state index in [1.54, 1.807) is 19.9 Å². The lowest BCUT2D eigenvalue weighted by Crippen LogP contribution is -2.29. The summed E-state index contributed by atoms with van der Waals surface area (Å²) in [5.41, 5.74) is 5.23. The Hall–Kier alpha value is -2.41. The summed E-state index contributed by atoms with van der Waals surface area (Å²) in [7, 11) is 0. The van der Waals surface area contributed by atoms with Gasteiger partial charge in [0.25, 0.3) is 5.91 Å². The molecule has 2 rings (SSSR count). The second-order valence-corrected chi connectivity index (χ2v) is 5.42. The molecule has 21 heavy (non-hydrogen) atoms. The highest BCUT2D eigenvalue weighted by Crippen LogP contribution is 2.23. The Bertz CT molecular complexity index is 713. The zero-order valence-corrected chi connectivity index (χ0v) is 12.1. The van der Waals surface area contributed by atoms with E-state index in [0.29, 0.717) is 11.1 Å². The van der Waals surface area contributed by atoms with Crippen molar-refractivity contribution in [2.24, 2.45) is 5.73 Å². The number of carbonyl (C=O) groups is 2. The van der Waals surface area contributed by atoms with E-state index in [1.165, 1.54) is 23.7 Å². The molecule has 0 fully saturated rings. The van der Waals surface area contributed by atoms with Gasteiger partial charge >= 0.3 is 0 Å². The average molecular weight is 291 g/mol. The minimum absolute atomic E-state index is 0.0143. The Morgan fingerprint density at radius 3 is 2.62 bits per heavy atom. The first-order valence-electron chi connectivity index (χ1n) is 6.37. The monoisotopic (exact) mass is 291 g/mol. The Balaban J connectivity index is 2.55. The lowest BCUT2D eigenvalue weighted by atomic mass is 10.1. The summed E-state index contributed by atoms with van der Waals surface area (Å²) in [6.45, 7) is 4.56. The van der Waals surface area contributed by atoms with Crippen molar-refractivity contribution in [3.8, 4) is 5.75 Å². The number of hydrogen-bond acceptors (Lipinski definition) is 5. The van der Waals surface area contributed by atoms with Crippen LogP contribution in [-0.4, -0.2) is 38.6 Å². The van der Waals surface area contributed by atoms with Gasteiger partial charge in [0.2, 0.25) is 0 Å². The fourth-order valence-electron chi connectivity index (χ4n) is 1.90. The fourth-order valence-corrected chi connectivity index (χ4v) is 1.90. The molecule has 0 aliphatic heterocycles. The van der Waals surface area contributed by atoms with Crippen molar-refractivity contribution in [3.63, 3.8) is 0 Å².